The quantitative estimate of drug-likeness (QED) is 0.252. The molecule has 116 valence electrons. The van der Waals surface area contributed by atoms with E-state index in [-0.39, 0.29) is 5.97 Å². The first kappa shape index (κ1) is 17.0. The van der Waals surface area contributed by atoms with E-state index in [4.69, 9.17) is 15.7 Å². The summed E-state index contributed by atoms with van der Waals surface area (Å²) in [7, 11) is 0. The summed E-state index contributed by atoms with van der Waals surface area (Å²) in [6, 6.07) is 7.36. The molecule has 21 heavy (non-hydrogen) atoms. The van der Waals surface area contributed by atoms with Crippen LogP contribution >= 0.6 is 0 Å². The highest BCUT2D eigenvalue weighted by atomic mass is 16.5. The molecule has 0 heterocycles. The van der Waals surface area contributed by atoms with Crippen molar-refractivity contribution >= 4 is 12.1 Å². The van der Waals surface area contributed by atoms with E-state index in [0.29, 0.717) is 18.7 Å². The Morgan fingerprint density at radius 2 is 1.86 bits per heavy atom. The number of carbonyl (C=O) groups is 2. The fourth-order valence-corrected chi connectivity index (χ4v) is 1.91. The monoisotopic (exact) mass is 294 g/mol. The number of unbranched alkanes of at least 4 members (excludes halogenated alkanes) is 2. The van der Waals surface area contributed by atoms with Gasteiger partial charge in [-0.3, -0.25) is 0 Å². The first-order valence-corrected chi connectivity index (χ1v) is 7.05. The van der Waals surface area contributed by atoms with Crippen LogP contribution in [-0.4, -0.2) is 35.3 Å². The number of nitrogens with zero attached hydrogens (tertiary/aromatic N) is 1. The lowest BCUT2D eigenvalue weighted by molar-refractivity contribution is 0.0526. The molecule has 1 amide bonds. The lowest BCUT2D eigenvalue weighted by Gasteiger charge is -2.11. The van der Waals surface area contributed by atoms with Gasteiger partial charge in [0, 0.05) is 6.54 Å². The van der Waals surface area contributed by atoms with E-state index in [0.717, 1.165) is 36.3 Å². The third-order valence-electron chi connectivity index (χ3n) is 3.08. The number of esters is 1. The van der Waals surface area contributed by atoms with Gasteiger partial charge < -0.3 is 9.84 Å². The summed E-state index contributed by atoms with van der Waals surface area (Å²) in [5.41, 5.74) is 1.70. The van der Waals surface area contributed by atoms with Crippen LogP contribution in [-0.2, 0) is 11.2 Å². The summed E-state index contributed by atoms with van der Waals surface area (Å²) < 4.78 is 4.92. The summed E-state index contributed by atoms with van der Waals surface area (Å²) in [5.74, 6) is 4.96. The van der Waals surface area contributed by atoms with Crippen LogP contribution in [0, 0.1) is 0 Å². The number of nitrogens with two attached hydrogens (primary N) is 1. The highest BCUT2D eigenvalue weighted by Crippen LogP contribution is 2.10. The predicted molar refractivity (Wildman–Crippen MR) is 78.9 cm³/mol. The molecular formula is C15H22N2O4. The molecule has 1 rings (SSSR count). The van der Waals surface area contributed by atoms with Gasteiger partial charge in [-0.2, -0.15) is 0 Å². The summed E-state index contributed by atoms with van der Waals surface area (Å²) in [6.07, 6.45) is 2.38. The lowest BCUT2D eigenvalue weighted by Crippen LogP contribution is -2.36. The van der Waals surface area contributed by atoms with Gasteiger partial charge in [-0.25, -0.2) is 20.4 Å². The number of hydrazine groups is 1. The number of amides is 1. The molecule has 0 radical (unpaired) electrons. The number of carboxylic acid groups (broad SMARTS) is 1. The first-order valence-electron chi connectivity index (χ1n) is 7.05. The molecular weight excluding hydrogens is 272 g/mol. The van der Waals surface area contributed by atoms with Crippen molar-refractivity contribution < 1.29 is 19.4 Å². The predicted octanol–water partition coefficient (Wildman–Crippen LogP) is 2.43. The van der Waals surface area contributed by atoms with Gasteiger partial charge in [-0.1, -0.05) is 18.6 Å². The number of benzene rings is 1. The van der Waals surface area contributed by atoms with Gasteiger partial charge in [0.2, 0.25) is 0 Å². The molecule has 0 bridgehead atoms. The van der Waals surface area contributed by atoms with Crippen molar-refractivity contribution in [3.63, 3.8) is 0 Å². The molecule has 0 aromatic heterocycles. The molecule has 0 saturated carbocycles. The number of rotatable bonds is 8. The number of carbonyl (C=O) groups excluding carboxylic acids is 1. The van der Waals surface area contributed by atoms with Crippen molar-refractivity contribution in [2.45, 2.75) is 32.6 Å². The molecule has 0 atom stereocenters. The minimum absolute atomic E-state index is 0.305. The van der Waals surface area contributed by atoms with Crippen molar-refractivity contribution in [1.82, 2.24) is 5.01 Å². The second-order valence-corrected chi connectivity index (χ2v) is 4.70. The molecule has 0 aliphatic carbocycles. The molecule has 1 aromatic carbocycles. The minimum Gasteiger partial charge on any atom is -0.464 e. The van der Waals surface area contributed by atoms with Crippen LogP contribution in [0.25, 0.3) is 0 Å². The Bertz CT molecular complexity index is 459. The Kier molecular flexibility index (Phi) is 7.25. The molecule has 0 unspecified atom stereocenters. The molecule has 3 N–H and O–H groups in total. The fraction of sp³-hybridized carbons (Fsp3) is 0.467. The zero-order chi connectivity index (χ0) is 15.7. The van der Waals surface area contributed by atoms with Gasteiger partial charge in [0.25, 0.3) is 0 Å². The number of aryl methyl sites for hydroxylation is 1. The number of hydrogen-bond acceptors (Lipinski definition) is 4. The average molecular weight is 294 g/mol. The molecule has 0 aliphatic heterocycles. The third kappa shape index (κ3) is 6.27. The Morgan fingerprint density at radius 1 is 1.19 bits per heavy atom. The van der Waals surface area contributed by atoms with Crippen molar-refractivity contribution in [1.29, 1.82) is 0 Å². The van der Waals surface area contributed by atoms with E-state index in [2.05, 4.69) is 0 Å². The van der Waals surface area contributed by atoms with Crippen LogP contribution in [0.2, 0.25) is 0 Å². The van der Waals surface area contributed by atoms with Gasteiger partial charge in [-0.15, -0.1) is 0 Å². The molecule has 6 nitrogen and oxygen atoms in total. The maximum Gasteiger partial charge on any atom is 0.421 e. The van der Waals surface area contributed by atoms with E-state index in [9.17, 15) is 9.59 Å². The normalized spacial score (nSPS) is 10.2. The van der Waals surface area contributed by atoms with Crippen molar-refractivity contribution in [3.8, 4) is 0 Å². The van der Waals surface area contributed by atoms with Crippen LogP contribution in [0.5, 0.6) is 0 Å². The standard InChI is InChI=1S/C15H22N2O4/c1-2-21-14(18)13-9-7-12(8-10-13)6-4-3-5-11-17(16)15(19)20/h7-10H,2-6,11,16H2,1H3,(H,19,20). The Balaban J connectivity index is 2.27. The van der Waals surface area contributed by atoms with Crippen molar-refractivity contribution in [2.75, 3.05) is 13.2 Å². The Labute approximate surface area is 124 Å². The Morgan fingerprint density at radius 3 is 2.43 bits per heavy atom. The second kappa shape index (κ2) is 8.97. The van der Waals surface area contributed by atoms with Gasteiger partial charge in [0.15, 0.2) is 0 Å². The van der Waals surface area contributed by atoms with Crippen LogP contribution in [0.15, 0.2) is 24.3 Å². The highest BCUT2D eigenvalue weighted by Gasteiger charge is 2.06. The van der Waals surface area contributed by atoms with Gasteiger partial charge in [0.05, 0.1) is 12.2 Å². The van der Waals surface area contributed by atoms with Gasteiger partial charge >= 0.3 is 12.1 Å². The summed E-state index contributed by atoms with van der Waals surface area (Å²) in [6.45, 7) is 2.49. The molecule has 6 heteroatoms. The molecule has 0 aliphatic rings. The second-order valence-electron chi connectivity index (χ2n) is 4.70. The smallest absolute Gasteiger partial charge is 0.421 e. The van der Waals surface area contributed by atoms with E-state index in [1.807, 2.05) is 12.1 Å². The van der Waals surface area contributed by atoms with Gasteiger partial charge in [-0.05, 0) is 43.9 Å². The number of ether oxygens (including phenoxy) is 1. The Hall–Kier alpha value is -2.08. The van der Waals surface area contributed by atoms with E-state index in [1.165, 1.54) is 0 Å². The molecule has 1 aromatic rings. The van der Waals surface area contributed by atoms with Crippen LogP contribution < -0.4 is 5.84 Å². The largest absolute Gasteiger partial charge is 0.464 e. The topological polar surface area (TPSA) is 92.9 Å². The van der Waals surface area contributed by atoms with Crippen LogP contribution in [0.3, 0.4) is 0 Å². The lowest BCUT2D eigenvalue weighted by atomic mass is 10.1. The molecule has 0 saturated heterocycles. The summed E-state index contributed by atoms with van der Waals surface area (Å²) in [5, 5.41) is 9.39. The SMILES string of the molecule is CCOC(=O)c1ccc(CCCCCN(N)C(=O)O)cc1. The zero-order valence-corrected chi connectivity index (χ0v) is 12.2. The van der Waals surface area contributed by atoms with E-state index >= 15 is 0 Å². The van der Waals surface area contributed by atoms with Gasteiger partial charge in [0.1, 0.15) is 0 Å². The maximum atomic E-state index is 11.5. The third-order valence-corrected chi connectivity index (χ3v) is 3.08. The number of hydrogen-bond donors (Lipinski definition) is 2. The van der Waals surface area contributed by atoms with Crippen molar-refractivity contribution in [2.24, 2.45) is 5.84 Å². The summed E-state index contributed by atoms with van der Waals surface area (Å²) in [4.78, 5) is 22.0. The highest BCUT2D eigenvalue weighted by molar-refractivity contribution is 5.89. The molecule has 0 spiro atoms. The van der Waals surface area contributed by atoms with Crippen LogP contribution in [0.4, 0.5) is 4.79 Å². The van der Waals surface area contributed by atoms with Crippen molar-refractivity contribution in [3.05, 3.63) is 35.4 Å². The first-order chi connectivity index (χ1) is 10.0. The maximum absolute atomic E-state index is 11.5. The minimum atomic E-state index is -1.11. The fourth-order valence-electron chi connectivity index (χ4n) is 1.91. The average Bonchev–Trinajstić information content (AvgIpc) is 2.47. The van der Waals surface area contributed by atoms with E-state index < -0.39 is 6.09 Å². The van der Waals surface area contributed by atoms with E-state index in [1.54, 1.807) is 19.1 Å². The van der Waals surface area contributed by atoms with Crippen LogP contribution in [0.1, 0.15) is 42.1 Å². The molecule has 0 fully saturated rings. The summed E-state index contributed by atoms with van der Waals surface area (Å²) >= 11 is 0. The zero-order valence-electron chi connectivity index (χ0n) is 12.2.